The Kier molecular flexibility index (Phi) is 7.22. The molecule has 1 aromatic rings. The highest BCUT2D eigenvalue weighted by Gasteiger charge is 2.36. The van der Waals surface area contributed by atoms with E-state index in [-0.39, 0.29) is 29.1 Å². The normalized spacial score (nSPS) is 23.2. The number of hydrogen-bond donors (Lipinski definition) is 4. The molecule has 1 amide bonds. The highest BCUT2D eigenvalue weighted by molar-refractivity contribution is 6.44. The van der Waals surface area contributed by atoms with Crippen LogP contribution >= 0.6 is 0 Å². The summed E-state index contributed by atoms with van der Waals surface area (Å²) < 4.78 is 11.3. The van der Waals surface area contributed by atoms with Crippen molar-refractivity contribution >= 4 is 19.0 Å². The number of carbonyl (C=O) groups excluding carboxylic acids is 1. The van der Waals surface area contributed by atoms with Crippen LogP contribution < -0.4 is 20.4 Å². The molecule has 1 aliphatic carbocycles. The Morgan fingerprint density at radius 1 is 1.25 bits per heavy atom. The molecule has 174 valence electrons. The number of ether oxygens (including phenoxy) is 1. The smallest absolute Gasteiger partial charge is 0.522 e. The van der Waals surface area contributed by atoms with Gasteiger partial charge in [-0.15, -0.1) is 0 Å². The Balaban J connectivity index is 1.27. The lowest BCUT2D eigenvalue weighted by Crippen LogP contribution is -2.56. The SMILES string of the molecule is NCCN[C@H]1CC[C@@H](CC(=O)N2CC(Oc3ccc4c(c3C(=O)O)OB(O)CC4)C2)CC1. The number of aryl methyl sites for hydroxylation is 1. The maximum absolute atomic E-state index is 12.6. The van der Waals surface area contributed by atoms with Crippen molar-refractivity contribution in [1.29, 1.82) is 0 Å². The number of hydrogen-bond acceptors (Lipinski definition) is 7. The van der Waals surface area contributed by atoms with Crippen LogP contribution in [0.2, 0.25) is 6.32 Å². The van der Waals surface area contributed by atoms with Crippen LogP contribution in [0.15, 0.2) is 12.1 Å². The molecule has 0 radical (unpaired) electrons. The first kappa shape index (κ1) is 22.9. The van der Waals surface area contributed by atoms with Gasteiger partial charge in [0.25, 0.3) is 0 Å². The molecule has 1 aromatic carbocycles. The summed E-state index contributed by atoms with van der Waals surface area (Å²) in [5.41, 5.74) is 6.23. The van der Waals surface area contributed by atoms with Crippen LogP contribution in [-0.4, -0.2) is 72.4 Å². The quantitative estimate of drug-likeness (QED) is 0.434. The van der Waals surface area contributed by atoms with E-state index in [0.717, 1.165) is 37.8 Å². The zero-order chi connectivity index (χ0) is 22.7. The molecule has 0 spiro atoms. The van der Waals surface area contributed by atoms with Crippen LogP contribution in [0.4, 0.5) is 0 Å². The van der Waals surface area contributed by atoms with E-state index in [2.05, 4.69) is 5.32 Å². The first-order valence-corrected chi connectivity index (χ1v) is 11.6. The van der Waals surface area contributed by atoms with Gasteiger partial charge >= 0.3 is 13.1 Å². The highest BCUT2D eigenvalue weighted by atomic mass is 16.5. The van der Waals surface area contributed by atoms with Gasteiger partial charge in [0.1, 0.15) is 23.2 Å². The number of nitrogens with two attached hydrogens (primary N) is 1. The predicted octanol–water partition coefficient (Wildman–Crippen LogP) is 0.887. The average Bonchev–Trinajstić information content (AvgIpc) is 2.74. The van der Waals surface area contributed by atoms with Gasteiger partial charge in [0.05, 0.1) is 13.1 Å². The number of nitrogens with zero attached hydrogens (tertiary/aromatic N) is 1. The number of carbonyl (C=O) groups is 2. The van der Waals surface area contributed by atoms with Crippen LogP contribution in [0.1, 0.15) is 48.0 Å². The molecule has 4 rings (SSSR count). The van der Waals surface area contributed by atoms with Crippen molar-refractivity contribution in [1.82, 2.24) is 10.2 Å². The van der Waals surface area contributed by atoms with Crippen molar-refractivity contribution in [3.05, 3.63) is 23.3 Å². The topological polar surface area (TPSA) is 134 Å². The summed E-state index contributed by atoms with van der Waals surface area (Å²) in [7, 11) is -1.01. The molecule has 2 fully saturated rings. The molecule has 2 heterocycles. The molecule has 0 aromatic heterocycles. The second-order valence-corrected chi connectivity index (χ2v) is 9.05. The molecule has 0 unspecified atom stereocenters. The number of benzene rings is 1. The molecule has 10 heteroatoms. The molecule has 0 bridgehead atoms. The van der Waals surface area contributed by atoms with Gasteiger partial charge in [0.15, 0.2) is 0 Å². The third-order valence-electron chi connectivity index (χ3n) is 6.71. The summed E-state index contributed by atoms with van der Waals surface area (Å²) in [6.07, 6.45) is 5.54. The molecule has 2 aliphatic heterocycles. The first-order valence-electron chi connectivity index (χ1n) is 11.6. The van der Waals surface area contributed by atoms with E-state index in [1.54, 1.807) is 17.0 Å². The molecule has 0 atom stereocenters. The van der Waals surface area contributed by atoms with E-state index in [4.69, 9.17) is 15.1 Å². The van der Waals surface area contributed by atoms with E-state index in [1.165, 1.54) is 0 Å². The molecule has 1 saturated carbocycles. The van der Waals surface area contributed by atoms with Crippen LogP contribution in [-0.2, 0) is 11.2 Å². The number of likely N-dealkylation sites (tertiary alicyclic amines) is 1. The number of carboxylic acids is 1. The van der Waals surface area contributed by atoms with Crippen molar-refractivity contribution in [2.45, 2.75) is 57.0 Å². The van der Waals surface area contributed by atoms with Crippen molar-refractivity contribution in [3.63, 3.8) is 0 Å². The lowest BCUT2D eigenvalue weighted by Gasteiger charge is -2.40. The molecular formula is C22H32BN3O6. The maximum atomic E-state index is 12.6. The molecule has 5 N–H and O–H groups in total. The Morgan fingerprint density at radius 3 is 2.69 bits per heavy atom. The Labute approximate surface area is 188 Å². The van der Waals surface area contributed by atoms with Gasteiger partial charge in [-0.25, -0.2) is 4.79 Å². The lowest BCUT2D eigenvalue weighted by molar-refractivity contribution is -0.141. The fourth-order valence-electron chi connectivity index (χ4n) is 4.84. The predicted molar refractivity (Wildman–Crippen MR) is 119 cm³/mol. The van der Waals surface area contributed by atoms with Gasteiger partial charge in [0, 0.05) is 25.6 Å². The number of nitrogens with one attached hydrogen (secondary N) is 1. The monoisotopic (exact) mass is 445 g/mol. The fourth-order valence-corrected chi connectivity index (χ4v) is 4.84. The van der Waals surface area contributed by atoms with Crippen molar-refractivity contribution in [2.24, 2.45) is 11.7 Å². The van der Waals surface area contributed by atoms with Crippen molar-refractivity contribution in [3.8, 4) is 11.5 Å². The summed E-state index contributed by atoms with van der Waals surface area (Å²) in [5, 5.41) is 22.9. The first-order chi connectivity index (χ1) is 15.4. The second-order valence-electron chi connectivity index (χ2n) is 9.05. The summed E-state index contributed by atoms with van der Waals surface area (Å²) >= 11 is 0. The van der Waals surface area contributed by atoms with Gasteiger partial charge in [0.2, 0.25) is 5.91 Å². The van der Waals surface area contributed by atoms with E-state index in [9.17, 15) is 19.7 Å². The van der Waals surface area contributed by atoms with E-state index < -0.39 is 13.1 Å². The third kappa shape index (κ3) is 5.19. The average molecular weight is 445 g/mol. The van der Waals surface area contributed by atoms with Crippen LogP contribution in [0.25, 0.3) is 0 Å². The van der Waals surface area contributed by atoms with Crippen LogP contribution in [0, 0.1) is 5.92 Å². The van der Waals surface area contributed by atoms with Gasteiger partial charge in [-0.2, -0.15) is 0 Å². The molecular weight excluding hydrogens is 413 g/mol. The minimum Gasteiger partial charge on any atom is -0.535 e. The zero-order valence-electron chi connectivity index (χ0n) is 18.3. The van der Waals surface area contributed by atoms with Crippen LogP contribution in [0.3, 0.4) is 0 Å². The van der Waals surface area contributed by atoms with Crippen molar-refractivity contribution in [2.75, 3.05) is 26.2 Å². The Hall–Kier alpha value is -2.30. The van der Waals surface area contributed by atoms with E-state index in [1.807, 2.05) is 0 Å². The number of amides is 1. The summed E-state index contributed by atoms with van der Waals surface area (Å²) in [6, 6.07) is 3.94. The molecule has 32 heavy (non-hydrogen) atoms. The summed E-state index contributed by atoms with van der Waals surface area (Å²) in [5.74, 6) is -0.210. The fraction of sp³-hybridized carbons (Fsp3) is 0.636. The Bertz CT molecular complexity index is 839. The van der Waals surface area contributed by atoms with Gasteiger partial charge in [-0.3, -0.25) is 4.79 Å². The molecule has 3 aliphatic rings. The highest BCUT2D eigenvalue weighted by Crippen LogP contribution is 2.37. The van der Waals surface area contributed by atoms with Gasteiger partial charge in [-0.05, 0) is 56.0 Å². The zero-order valence-corrected chi connectivity index (χ0v) is 18.3. The number of carboxylic acid groups (broad SMARTS) is 1. The molecule has 1 saturated heterocycles. The third-order valence-corrected chi connectivity index (χ3v) is 6.71. The number of fused-ring (bicyclic) bond motifs is 1. The van der Waals surface area contributed by atoms with Crippen LogP contribution in [0.5, 0.6) is 11.5 Å². The number of rotatable bonds is 8. The second kappa shape index (κ2) is 10.1. The largest absolute Gasteiger partial charge is 0.535 e. The summed E-state index contributed by atoms with van der Waals surface area (Å²) in [6.45, 7) is 2.38. The lowest BCUT2D eigenvalue weighted by atomic mass is 9.78. The standard InChI is InChI=1S/C22H32BN3O6/c24-9-10-25-16-4-1-14(2-5-16)11-19(27)26-12-17(13-26)31-18-6-3-15-7-8-23(30)32-21(15)20(18)22(28)29/h3,6,14,16-17,25,30H,1-2,4-5,7-13,24H2,(H,28,29)/t14-,16+. The minimum atomic E-state index is -1.16. The maximum Gasteiger partial charge on any atom is 0.522 e. The minimum absolute atomic E-state index is 0.0639. The summed E-state index contributed by atoms with van der Waals surface area (Å²) in [4.78, 5) is 26.3. The van der Waals surface area contributed by atoms with E-state index >= 15 is 0 Å². The van der Waals surface area contributed by atoms with E-state index in [0.29, 0.717) is 50.8 Å². The molecule has 9 nitrogen and oxygen atoms in total. The van der Waals surface area contributed by atoms with Crippen molar-refractivity contribution < 1.29 is 29.1 Å². The number of aromatic carboxylic acids is 1. The van der Waals surface area contributed by atoms with Gasteiger partial charge < -0.3 is 35.5 Å². The Morgan fingerprint density at radius 2 is 2.00 bits per heavy atom. The van der Waals surface area contributed by atoms with Gasteiger partial charge in [-0.1, -0.05) is 6.07 Å².